The van der Waals surface area contributed by atoms with Crippen molar-refractivity contribution < 1.29 is 9.47 Å². The van der Waals surface area contributed by atoms with Crippen LogP contribution in [0.25, 0.3) is 0 Å². The average molecular weight is 216 g/mol. The van der Waals surface area contributed by atoms with Gasteiger partial charge in [-0.15, -0.1) is 0 Å². The Hall–Kier alpha value is -0.860. The van der Waals surface area contributed by atoms with E-state index in [0.29, 0.717) is 11.5 Å². The zero-order valence-corrected chi connectivity index (χ0v) is 9.32. The largest absolute Gasteiger partial charge is 0.350 e. The second-order valence-electron chi connectivity index (χ2n) is 5.55. The second-order valence-corrected chi connectivity index (χ2v) is 5.55. The smallest absolute Gasteiger partial charge is 0.158 e. The summed E-state index contributed by atoms with van der Waals surface area (Å²) in [5.74, 6) is 0. The van der Waals surface area contributed by atoms with E-state index in [4.69, 9.17) is 9.47 Å². The highest BCUT2D eigenvalue weighted by molar-refractivity contribution is 5.34. The maximum absolute atomic E-state index is 5.76. The minimum atomic E-state index is 0.0769. The molecular weight excluding hydrogens is 200 g/mol. The van der Waals surface area contributed by atoms with E-state index >= 15 is 0 Å². The molecule has 0 N–H and O–H groups in total. The Morgan fingerprint density at radius 1 is 1.06 bits per heavy atom. The molecular formula is C14H16O2. The van der Waals surface area contributed by atoms with Crippen LogP contribution in [0, 0.1) is 5.41 Å². The van der Waals surface area contributed by atoms with Gasteiger partial charge >= 0.3 is 0 Å². The van der Waals surface area contributed by atoms with Crippen LogP contribution < -0.4 is 0 Å². The minimum absolute atomic E-state index is 0.0769. The van der Waals surface area contributed by atoms with Gasteiger partial charge in [0.1, 0.15) is 0 Å². The predicted molar refractivity (Wildman–Crippen MR) is 60.1 cm³/mol. The van der Waals surface area contributed by atoms with Gasteiger partial charge in [-0.1, -0.05) is 24.3 Å². The van der Waals surface area contributed by atoms with Crippen molar-refractivity contribution in [2.24, 2.45) is 5.41 Å². The third kappa shape index (κ3) is 1.26. The summed E-state index contributed by atoms with van der Waals surface area (Å²) < 4.78 is 11.4. The summed E-state index contributed by atoms with van der Waals surface area (Å²) in [7, 11) is 0. The Bertz CT molecular complexity index is 387. The van der Waals surface area contributed by atoms with Crippen LogP contribution in [0.15, 0.2) is 24.3 Å². The molecule has 1 aromatic carbocycles. The van der Waals surface area contributed by atoms with E-state index in [9.17, 15) is 0 Å². The first-order valence-electron chi connectivity index (χ1n) is 6.17. The van der Waals surface area contributed by atoms with Gasteiger partial charge in [-0.3, -0.25) is 0 Å². The number of fused-ring (bicyclic) bond motifs is 3. The monoisotopic (exact) mass is 216 g/mol. The van der Waals surface area contributed by atoms with Crippen LogP contribution >= 0.6 is 0 Å². The number of ether oxygens (including phenoxy) is 2. The number of benzene rings is 1. The molecule has 1 aromatic rings. The normalized spacial score (nSPS) is 34.2. The van der Waals surface area contributed by atoms with E-state index in [1.165, 1.54) is 19.3 Å². The molecule has 1 aliphatic carbocycles. The van der Waals surface area contributed by atoms with Crippen molar-refractivity contribution in [3.05, 3.63) is 35.4 Å². The second kappa shape index (κ2) is 3.08. The van der Waals surface area contributed by atoms with Crippen LogP contribution in [0.4, 0.5) is 0 Å². The van der Waals surface area contributed by atoms with Crippen molar-refractivity contribution >= 4 is 0 Å². The maximum atomic E-state index is 5.76. The molecule has 2 nitrogen and oxygen atoms in total. The molecule has 84 valence electrons. The predicted octanol–water partition coefficient (Wildman–Crippen LogP) is 2.31. The fraction of sp³-hybridized carbons (Fsp3) is 0.571. The fourth-order valence-electron chi connectivity index (χ4n) is 3.70. The zero-order chi connectivity index (χ0) is 10.6. The van der Waals surface area contributed by atoms with Crippen molar-refractivity contribution in [2.75, 3.05) is 6.61 Å². The van der Waals surface area contributed by atoms with Gasteiger partial charge in [0.25, 0.3) is 0 Å². The van der Waals surface area contributed by atoms with Crippen molar-refractivity contribution in [1.82, 2.24) is 0 Å². The Morgan fingerprint density at radius 2 is 1.81 bits per heavy atom. The summed E-state index contributed by atoms with van der Waals surface area (Å²) >= 11 is 0. The lowest BCUT2D eigenvalue weighted by atomic mass is 9.75. The number of rotatable bonds is 0. The first kappa shape index (κ1) is 9.20. The molecule has 2 heteroatoms. The first-order chi connectivity index (χ1) is 7.83. The van der Waals surface area contributed by atoms with Crippen molar-refractivity contribution in [3.8, 4) is 0 Å². The molecule has 16 heavy (non-hydrogen) atoms. The highest BCUT2D eigenvalue weighted by Crippen LogP contribution is 2.49. The van der Waals surface area contributed by atoms with Gasteiger partial charge in [-0.05, 0) is 35.8 Å². The SMILES string of the molecule is c1ccc2c(c1)CC1(C2)C[C@H]2CO[C@@H](C1)O2. The van der Waals surface area contributed by atoms with Crippen LogP contribution in [-0.4, -0.2) is 19.0 Å². The van der Waals surface area contributed by atoms with Crippen LogP contribution in [0.3, 0.4) is 0 Å². The van der Waals surface area contributed by atoms with Gasteiger partial charge in [0.15, 0.2) is 6.29 Å². The highest BCUT2D eigenvalue weighted by atomic mass is 16.7. The van der Waals surface area contributed by atoms with E-state index in [-0.39, 0.29) is 6.29 Å². The summed E-state index contributed by atoms with van der Waals surface area (Å²) in [5, 5.41) is 0. The van der Waals surface area contributed by atoms with E-state index in [2.05, 4.69) is 24.3 Å². The molecule has 0 radical (unpaired) electrons. The van der Waals surface area contributed by atoms with Crippen LogP contribution in [0.1, 0.15) is 24.0 Å². The number of hydrogen-bond donors (Lipinski definition) is 0. The molecule has 2 aliphatic heterocycles. The lowest BCUT2D eigenvalue weighted by Crippen LogP contribution is -2.36. The standard InChI is InChI=1S/C14H16O2/c1-2-4-11-6-14(5-10(11)3-1)7-12-9-15-13(8-14)16-12/h1-4,12-13H,5-9H2/t12-,13+/m0/s1. The molecule has 0 unspecified atom stereocenters. The third-order valence-electron chi connectivity index (χ3n) is 4.32. The fourth-order valence-corrected chi connectivity index (χ4v) is 3.70. The molecule has 2 bridgehead atoms. The first-order valence-corrected chi connectivity index (χ1v) is 6.17. The van der Waals surface area contributed by atoms with E-state index < -0.39 is 0 Å². The van der Waals surface area contributed by atoms with Crippen molar-refractivity contribution in [2.45, 2.75) is 38.1 Å². The molecule has 2 saturated heterocycles. The Labute approximate surface area is 95.6 Å². The molecule has 2 heterocycles. The van der Waals surface area contributed by atoms with Gasteiger partial charge in [0.05, 0.1) is 12.7 Å². The van der Waals surface area contributed by atoms with Gasteiger partial charge in [-0.25, -0.2) is 0 Å². The molecule has 4 rings (SSSR count). The quantitative estimate of drug-likeness (QED) is 0.662. The molecule has 0 aromatic heterocycles. The summed E-state index contributed by atoms with van der Waals surface area (Å²) in [6.07, 6.45) is 5.14. The lowest BCUT2D eigenvalue weighted by Gasteiger charge is -2.36. The van der Waals surface area contributed by atoms with Crippen LogP contribution in [0.2, 0.25) is 0 Å². The molecule has 2 fully saturated rings. The average Bonchev–Trinajstić information content (AvgIpc) is 2.78. The minimum Gasteiger partial charge on any atom is -0.350 e. The molecule has 1 spiro atoms. The lowest BCUT2D eigenvalue weighted by molar-refractivity contribution is -0.122. The van der Waals surface area contributed by atoms with Crippen molar-refractivity contribution in [3.63, 3.8) is 0 Å². The molecule has 2 atom stereocenters. The zero-order valence-electron chi connectivity index (χ0n) is 9.32. The number of hydrogen-bond acceptors (Lipinski definition) is 2. The summed E-state index contributed by atoms with van der Waals surface area (Å²) in [4.78, 5) is 0. The Morgan fingerprint density at radius 3 is 2.50 bits per heavy atom. The Balaban J connectivity index is 1.67. The van der Waals surface area contributed by atoms with Gasteiger partial charge in [0.2, 0.25) is 0 Å². The van der Waals surface area contributed by atoms with Crippen LogP contribution in [0.5, 0.6) is 0 Å². The van der Waals surface area contributed by atoms with Gasteiger partial charge in [0, 0.05) is 6.42 Å². The van der Waals surface area contributed by atoms with Gasteiger partial charge < -0.3 is 9.47 Å². The highest BCUT2D eigenvalue weighted by Gasteiger charge is 2.48. The Kier molecular flexibility index (Phi) is 1.77. The topological polar surface area (TPSA) is 18.5 Å². The van der Waals surface area contributed by atoms with Gasteiger partial charge in [-0.2, -0.15) is 0 Å². The van der Waals surface area contributed by atoms with E-state index in [1.807, 2.05) is 0 Å². The third-order valence-corrected chi connectivity index (χ3v) is 4.32. The summed E-state index contributed by atoms with van der Waals surface area (Å²) in [6.45, 7) is 0.808. The van der Waals surface area contributed by atoms with Crippen LogP contribution in [-0.2, 0) is 22.3 Å². The molecule has 3 aliphatic rings. The summed E-state index contributed by atoms with van der Waals surface area (Å²) in [5.41, 5.74) is 3.53. The summed E-state index contributed by atoms with van der Waals surface area (Å²) in [6, 6.07) is 8.87. The van der Waals surface area contributed by atoms with E-state index in [1.54, 1.807) is 11.1 Å². The maximum Gasteiger partial charge on any atom is 0.158 e. The van der Waals surface area contributed by atoms with E-state index in [0.717, 1.165) is 13.0 Å². The van der Waals surface area contributed by atoms with Crippen molar-refractivity contribution in [1.29, 1.82) is 0 Å². The molecule has 0 amide bonds. The molecule has 0 saturated carbocycles.